The van der Waals surface area contributed by atoms with E-state index in [1.807, 2.05) is 0 Å². The second-order valence-corrected chi connectivity index (χ2v) is 4.36. The standard InChI is InChI=1S/C14H17NO5/c1-18-11-6-3-2-5-10(11)15-13(16)9-20-14(17)12-7-4-8-19-12/h2-3,5-6,12H,4,7-9H2,1H3,(H,15,16). The minimum Gasteiger partial charge on any atom is -0.495 e. The summed E-state index contributed by atoms with van der Waals surface area (Å²) >= 11 is 0. The summed E-state index contributed by atoms with van der Waals surface area (Å²) in [4.78, 5) is 23.3. The summed E-state index contributed by atoms with van der Waals surface area (Å²) in [7, 11) is 1.52. The van der Waals surface area contributed by atoms with Crippen LogP contribution in [0.5, 0.6) is 5.75 Å². The number of hydrogen-bond donors (Lipinski definition) is 1. The fourth-order valence-corrected chi connectivity index (χ4v) is 1.93. The maximum absolute atomic E-state index is 11.7. The molecule has 108 valence electrons. The van der Waals surface area contributed by atoms with Crippen molar-refractivity contribution in [1.29, 1.82) is 0 Å². The van der Waals surface area contributed by atoms with Gasteiger partial charge in [0.15, 0.2) is 12.7 Å². The van der Waals surface area contributed by atoms with Crippen molar-refractivity contribution in [2.75, 3.05) is 25.6 Å². The molecule has 1 unspecified atom stereocenters. The largest absolute Gasteiger partial charge is 0.495 e. The van der Waals surface area contributed by atoms with Gasteiger partial charge in [0, 0.05) is 6.61 Å². The minimum atomic E-state index is -0.533. The molecule has 20 heavy (non-hydrogen) atoms. The van der Waals surface area contributed by atoms with Crippen molar-refractivity contribution < 1.29 is 23.8 Å². The summed E-state index contributed by atoms with van der Waals surface area (Å²) in [6.07, 6.45) is 0.953. The topological polar surface area (TPSA) is 73.9 Å². The molecule has 2 rings (SSSR count). The molecular weight excluding hydrogens is 262 g/mol. The van der Waals surface area contributed by atoms with Crippen molar-refractivity contribution in [3.63, 3.8) is 0 Å². The highest BCUT2D eigenvalue weighted by atomic mass is 16.6. The number of anilines is 1. The Balaban J connectivity index is 1.81. The normalized spacial score (nSPS) is 17.6. The van der Waals surface area contributed by atoms with Crippen molar-refractivity contribution >= 4 is 17.6 Å². The molecule has 0 aromatic heterocycles. The van der Waals surface area contributed by atoms with E-state index in [0.717, 1.165) is 6.42 Å². The van der Waals surface area contributed by atoms with Gasteiger partial charge in [0.25, 0.3) is 5.91 Å². The van der Waals surface area contributed by atoms with E-state index in [0.29, 0.717) is 24.5 Å². The summed E-state index contributed by atoms with van der Waals surface area (Å²) < 4.78 is 15.2. The number of esters is 1. The lowest BCUT2D eigenvalue weighted by Crippen LogP contribution is -2.27. The molecule has 1 aromatic carbocycles. The maximum atomic E-state index is 11.7. The number of benzene rings is 1. The van der Waals surface area contributed by atoms with Crippen LogP contribution in [-0.2, 0) is 19.1 Å². The van der Waals surface area contributed by atoms with Gasteiger partial charge in [-0.1, -0.05) is 12.1 Å². The number of carbonyl (C=O) groups excluding carboxylic acids is 2. The van der Waals surface area contributed by atoms with Crippen LogP contribution in [0.1, 0.15) is 12.8 Å². The lowest BCUT2D eigenvalue weighted by atomic mass is 10.2. The second-order valence-electron chi connectivity index (χ2n) is 4.36. The van der Waals surface area contributed by atoms with Crippen LogP contribution in [0, 0.1) is 0 Å². The van der Waals surface area contributed by atoms with Crippen molar-refractivity contribution in [2.45, 2.75) is 18.9 Å². The number of carbonyl (C=O) groups is 2. The van der Waals surface area contributed by atoms with Crippen LogP contribution >= 0.6 is 0 Å². The molecule has 1 heterocycles. The van der Waals surface area contributed by atoms with Gasteiger partial charge in [0.2, 0.25) is 0 Å². The van der Waals surface area contributed by atoms with Crippen molar-refractivity contribution in [1.82, 2.24) is 0 Å². The molecule has 1 aliphatic heterocycles. The molecule has 0 saturated carbocycles. The molecule has 1 atom stereocenters. The highest BCUT2D eigenvalue weighted by molar-refractivity contribution is 5.94. The zero-order valence-electron chi connectivity index (χ0n) is 11.3. The average molecular weight is 279 g/mol. The molecule has 1 aromatic rings. The van der Waals surface area contributed by atoms with Crippen molar-refractivity contribution in [3.8, 4) is 5.75 Å². The molecule has 1 saturated heterocycles. The smallest absolute Gasteiger partial charge is 0.335 e. The Kier molecular flexibility index (Phi) is 4.95. The Morgan fingerprint density at radius 1 is 1.40 bits per heavy atom. The number of methoxy groups -OCH3 is 1. The van der Waals surface area contributed by atoms with E-state index in [1.54, 1.807) is 24.3 Å². The van der Waals surface area contributed by atoms with Crippen LogP contribution in [0.15, 0.2) is 24.3 Å². The number of rotatable bonds is 5. The van der Waals surface area contributed by atoms with Crippen LogP contribution in [0.25, 0.3) is 0 Å². The first-order valence-corrected chi connectivity index (χ1v) is 6.42. The van der Waals surface area contributed by atoms with Gasteiger partial charge in [-0.15, -0.1) is 0 Å². The molecule has 6 heteroatoms. The Hall–Kier alpha value is -2.08. The van der Waals surface area contributed by atoms with E-state index in [1.165, 1.54) is 7.11 Å². The summed E-state index contributed by atoms with van der Waals surface area (Å²) in [5.74, 6) is -0.357. The van der Waals surface area contributed by atoms with Gasteiger partial charge in [-0.05, 0) is 25.0 Å². The Morgan fingerprint density at radius 2 is 2.20 bits per heavy atom. The SMILES string of the molecule is COc1ccccc1NC(=O)COC(=O)C1CCCO1. The van der Waals surface area contributed by atoms with Crippen molar-refractivity contribution in [2.24, 2.45) is 0 Å². The molecule has 0 spiro atoms. The van der Waals surface area contributed by atoms with E-state index in [2.05, 4.69) is 5.32 Å². The van der Waals surface area contributed by atoms with E-state index in [9.17, 15) is 9.59 Å². The van der Waals surface area contributed by atoms with E-state index >= 15 is 0 Å². The lowest BCUT2D eigenvalue weighted by Gasteiger charge is -2.11. The maximum Gasteiger partial charge on any atom is 0.335 e. The summed E-state index contributed by atoms with van der Waals surface area (Å²) in [6.45, 7) is 0.226. The number of nitrogens with one attached hydrogen (secondary N) is 1. The first kappa shape index (κ1) is 14.3. The van der Waals surface area contributed by atoms with Gasteiger partial charge in [-0.2, -0.15) is 0 Å². The number of ether oxygens (including phenoxy) is 3. The first-order chi connectivity index (χ1) is 9.70. The van der Waals surface area contributed by atoms with Crippen LogP contribution < -0.4 is 10.1 Å². The van der Waals surface area contributed by atoms with Crippen LogP contribution in [0.3, 0.4) is 0 Å². The minimum absolute atomic E-state index is 0.337. The Morgan fingerprint density at radius 3 is 2.90 bits per heavy atom. The third kappa shape index (κ3) is 3.71. The predicted octanol–water partition coefficient (Wildman–Crippen LogP) is 1.36. The van der Waals surface area contributed by atoms with Gasteiger partial charge in [0.05, 0.1) is 12.8 Å². The third-order valence-electron chi connectivity index (χ3n) is 2.92. The summed E-state index contributed by atoms with van der Waals surface area (Å²) in [5.41, 5.74) is 0.535. The lowest BCUT2D eigenvalue weighted by molar-refractivity contribution is -0.156. The van der Waals surface area contributed by atoms with Crippen LogP contribution in [-0.4, -0.2) is 38.3 Å². The fourth-order valence-electron chi connectivity index (χ4n) is 1.93. The third-order valence-corrected chi connectivity index (χ3v) is 2.92. The molecule has 1 amide bonds. The van der Waals surface area contributed by atoms with Crippen LogP contribution in [0.4, 0.5) is 5.69 Å². The number of para-hydroxylation sites is 2. The van der Waals surface area contributed by atoms with Crippen molar-refractivity contribution in [3.05, 3.63) is 24.3 Å². The van der Waals surface area contributed by atoms with Gasteiger partial charge in [-0.3, -0.25) is 4.79 Å². The molecule has 0 radical (unpaired) electrons. The molecule has 1 fully saturated rings. The molecular formula is C14H17NO5. The molecule has 1 N–H and O–H groups in total. The first-order valence-electron chi connectivity index (χ1n) is 6.42. The zero-order valence-corrected chi connectivity index (χ0v) is 11.3. The summed E-state index contributed by atoms with van der Waals surface area (Å²) in [6, 6.07) is 7.01. The highest BCUT2D eigenvalue weighted by Gasteiger charge is 2.25. The molecule has 6 nitrogen and oxygen atoms in total. The monoisotopic (exact) mass is 279 g/mol. The molecule has 1 aliphatic rings. The number of amides is 1. The van der Waals surface area contributed by atoms with Gasteiger partial charge in [-0.25, -0.2) is 4.79 Å². The highest BCUT2D eigenvalue weighted by Crippen LogP contribution is 2.22. The molecule has 0 aliphatic carbocycles. The summed E-state index contributed by atoms with van der Waals surface area (Å²) in [5, 5.41) is 2.63. The average Bonchev–Trinajstić information content (AvgIpc) is 2.99. The Labute approximate surface area is 117 Å². The van der Waals surface area contributed by atoms with E-state index in [-0.39, 0.29) is 6.61 Å². The molecule has 0 bridgehead atoms. The predicted molar refractivity (Wildman–Crippen MR) is 71.6 cm³/mol. The second kappa shape index (κ2) is 6.91. The fraction of sp³-hybridized carbons (Fsp3) is 0.429. The Bertz CT molecular complexity index is 482. The van der Waals surface area contributed by atoms with Gasteiger partial charge in [0.1, 0.15) is 5.75 Å². The van der Waals surface area contributed by atoms with E-state index < -0.39 is 18.0 Å². The quantitative estimate of drug-likeness (QED) is 0.824. The number of hydrogen-bond acceptors (Lipinski definition) is 5. The van der Waals surface area contributed by atoms with Gasteiger partial charge >= 0.3 is 5.97 Å². The van der Waals surface area contributed by atoms with Crippen LogP contribution in [0.2, 0.25) is 0 Å². The zero-order chi connectivity index (χ0) is 14.4. The van der Waals surface area contributed by atoms with Gasteiger partial charge < -0.3 is 19.5 Å². The van der Waals surface area contributed by atoms with E-state index in [4.69, 9.17) is 14.2 Å².